The van der Waals surface area contributed by atoms with E-state index in [2.05, 4.69) is 5.32 Å². The number of aryl methyl sites for hydroxylation is 3. The maximum absolute atomic E-state index is 13.5. The minimum absolute atomic E-state index is 0.206. The molecule has 0 saturated carbocycles. The minimum Gasteiger partial charge on any atom is -0.324 e. The van der Waals surface area contributed by atoms with E-state index in [9.17, 15) is 14.4 Å². The number of benzene rings is 3. The lowest BCUT2D eigenvalue weighted by Crippen LogP contribution is -2.41. The highest BCUT2D eigenvalue weighted by Crippen LogP contribution is 2.16. The summed E-state index contributed by atoms with van der Waals surface area (Å²) in [6, 6.07) is 20.0. The zero-order chi connectivity index (χ0) is 22.8. The van der Waals surface area contributed by atoms with Gasteiger partial charge in [0.2, 0.25) is 5.91 Å². The highest BCUT2D eigenvalue weighted by atomic mass is 16.2. The van der Waals surface area contributed by atoms with Gasteiger partial charge >= 0.3 is 5.69 Å². The molecule has 0 aliphatic carbocycles. The topological polar surface area (TPSA) is 73.1 Å². The molecule has 3 aromatic carbocycles. The molecule has 0 aliphatic rings. The number of para-hydroxylation sites is 2. The number of carbonyl (C=O) groups is 1. The van der Waals surface area contributed by atoms with Crippen molar-refractivity contribution in [1.82, 2.24) is 9.13 Å². The van der Waals surface area contributed by atoms with Gasteiger partial charge in [-0.2, -0.15) is 0 Å². The third-order valence-electron chi connectivity index (χ3n) is 5.49. The van der Waals surface area contributed by atoms with Crippen LogP contribution in [0.3, 0.4) is 0 Å². The predicted molar refractivity (Wildman–Crippen MR) is 128 cm³/mol. The zero-order valence-corrected chi connectivity index (χ0v) is 18.4. The van der Waals surface area contributed by atoms with Crippen LogP contribution in [0.25, 0.3) is 16.6 Å². The molecule has 1 N–H and O–H groups in total. The molecule has 1 aromatic heterocycles. The van der Waals surface area contributed by atoms with Crippen LogP contribution in [0.2, 0.25) is 0 Å². The lowest BCUT2D eigenvalue weighted by Gasteiger charge is -2.15. The second-order valence-electron chi connectivity index (χ2n) is 7.93. The Morgan fingerprint density at radius 3 is 2.28 bits per heavy atom. The Morgan fingerprint density at radius 1 is 0.906 bits per heavy atom. The van der Waals surface area contributed by atoms with Gasteiger partial charge in [0.15, 0.2) is 0 Å². The number of nitrogens with zero attached hydrogens (tertiary/aromatic N) is 2. The Morgan fingerprint density at radius 2 is 1.56 bits per heavy atom. The molecule has 0 bridgehead atoms. The fourth-order valence-corrected chi connectivity index (χ4v) is 4.07. The molecule has 6 heteroatoms. The van der Waals surface area contributed by atoms with E-state index in [-0.39, 0.29) is 12.5 Å². The van der Waals surface area contributed by atoms with Crippen molar-refractivity contribution in [3.05, 3.63) is 104 Å². The Balaban J connectivity index is 1.85. The molecule has 1 amide bonds. The lowest BCUT2D eigenvalue weighted by atomic mass is 10.1. The zero-order valence-electron chi connectivity index (χ0n) is 18.4. The largest absolute Gasteiger partial charge is 0.336 e. The number of hydrogen-bond donors (Lipinski definition) is 1. The number of carbonyl (C=O) groups excluding carboxylic acids is 1. The smallest absolute Gasteiger partial charge is 0.324 e. The van der Waals surface area contributed by atoms with Crippen LogP contribution < -0.4 is 16.6 Å². The summed E-state index contributed by atoms with van der Waals surface area (Å²) in [5, 5.41) is 3.29. The standard InChI is InChI=1S/C26H25N3O3/c1-4-19-9-5-7-11-22(19)27-24(30)16-28-23-12-8-6-10-21(23)25(31)29(26(28)32)20-14-17(2)13-18(3)15-20/h5-15H,4,16H2,1-3H3,(H,27,30). The van der Waals surface area contributed by atoms with Crippen LogP contribution in [0.1, 0.15) is 23.6 Å². The summed E-state index contributed by atoms with van der Waals surface area (Å²) in [5.41, 5.74) is 3.61. The van der Waals surface area contributed by atoms with E-state index < -0.39 is 11.2 Å². The molecule has 0 aliphatic heterocycles. The van der Waals surface area contributed by atoms with Crippen molar-refractivity contribution in [1.29, 1.82) is 0 Å². The molecule has 1 heterocycles. The number of fused-ring (bicyclic) bond motifs is 1. The van der Waals surface area contributed by atoms with Gasteiger partial charge in [0.1, 0.15) is 6.54 Å². The van der Waals surface area contributed by atoms with E-state index in [4.69, 9.17) is 0 Å². The van der Waals surface area contributed by atoms with Crippen LogP contribution in [0.4, 0.5) is 5.69 Å². The normalized spacial score (nSPS) is 11.0. The molecular formula is C26H25N3O3. The fourth-order valence-electron chi connectivity index (χ4n) is 4.07. The van der Waals surface area contributed by atoms with Crippen molar-refractivity contribution >= 4 is 22.5 Å². The molecule has 0 spiro atoms. The first-order valence-electron chi connectivity index (χ1n) is 10.6. The van der Waals surface area contributed by atoms with Gasteiger partial charge in [0, 0.05) is 5.69 Å². The summed E-state index contributed by atoms with van der Waals surface area (Å²) >= 11 is 0. The van der Waals surface area contributed by atoms with Crippen molar-refractivity contribution in [3.8, 4) is 5.69 Å². The average Bonchev–Trinajstić information content (AvgIpc) is 2.76. The molecular weight excluding hydrogens is 402 g/mol. The van der Waals surface area contributed by atoms with E-state index in [1.54, 1.807) is 36.4 Å². The van der Waals surface area contributed by atoms with Crippen LogP contribution in [-0.4, -0.2) is 15.0 Å². The summed E-state index contributed by atoms with van der Waals surface area (Å²) in [5.74, 6) is -0.330. The number of rotatable bonds is 5. The summed E-state index contributed by atoms with van der Waals surface area (Å²) < 4.78 is 2.51. The SMILES string of the molecule is CCc1ccccc1NC(=O)Cn1c(=O)n(-c2cc(C)cc(C)c2)c(=O)c2ccccc21. The van der Waals surface area contributed by atoms with Gasteiger partial charge in [-0.15, -0.1) is 0 Å². The van der Waals surface area contributed by atoms with Crippen molar-refractivity contribution in [2.24, 2.45) is 0 Å². The summed E-state index contributed by atoms with van der Waals surface area (Å²) in [6.45, 7) is 5.64. The van der Waals surface area contributed by atoms with Gasteiger partial charge in [-0.1, -0.05) is 43.3 Å². The summed E-state index contributed by atoms with van der Waals surface area (Å²) in [6.07, 6.45) is 0.775. The lowest BCUT2D eigenvalue weighted by molar-refractivity contribution is -0.116. The molecule has 0 fully saturated rings. The molecule has 0 saturated heterocycles. The Hall–Kier alpha value is -3.93. The van der Waals surface area contributed by atoms with E-state index in [1.807, 2.05) is 51.1 Å². The fraction of sp³-hybridized carbons (Fsp3) is 0.192. The number of hydrogen-bond acceptors (Lipinski definition) is 3. The average molecular weight is 428 g/mol. The first-order chi connectivity index (χ1) is 15.4. The highest BCUT2D eigenvalue weighted by molar-refractivity contribution is 5.92. The van der Waals surface area contributed by atoms with E-state index in [0.29, 0.717) is 16.6 Å². The molecule has 162 valence electrons. The van der Waals surface area contributed by atoms with Crippen molar-refractivity contribution in [2.45, 2.75) is 33.7 Å². The van der Waals surface area contributed by atoms with E-state index in [0.717, 1.165) is 33.4 Å². The molecule has 0 unspecified atom stereocenters. The van der Waals surface area contributed by atoms with Gasteiger partial charge in [0.25, 0.3) is 5.56 Å². The maximum atomic E-state index is 13.5. The quantitative estimate of drug-likeness (QED) is 0.524. The molecule has 4 aromatic rings. The van der Waals surface area contributed by atoms with Crippen molar-refractivity contribution in [3.63, 3.8) is 0 Å². The second kappa shape index (κ2) is 8.67. The Bertz CT molecular complexity index is 1430. The predicted octanol–water partition coefficient (Wildman–Crippen LogP) is 3.97. The van der Waals surface area contributed by atoms with Crippen LogP contribution >= 0.6 is 0 Å². The van der Waals surface area contributed by atoms with Gasteiger partial charge in [-0.25, -0.2) is 9.36 Å². The third kappa shape index (κ3) is 3.99. The number of aromatic nitrogens is 2. The van der Waals surface area contributed by atoms with Crippen molar-refractivity contribution < 1.29 is 4.79 Å². The molecule has 0 radical (unpaired) electrons. The van der Waals surface area contributed by atoms with Gasteiger partial charge < -0.3 is 5.32 Å². The van der Waals surface area contributed by atoms with E-state index >= 15 is 0 Å². The number of amides is 1. The van der Waals surface area contributed by atoms with Crippen LogP contribution in [0.5, 0.6) is 0 Å². The third-order valence-corrected chi connectivity index (χ3v) is 5.49. The van der Waals surface area contributed by atoms with Crippen LogP contribution in [0.15, 0.2) is 76.3 Å². The van der Waals surface area contributed by atoms with E-state index in [1.165, 1.54) is 4.57 Å². The van der Waals surface area contributed by atoms with Crippen molar-refractivity contribution in [2.75, 3.05) is 5.32 Å². The number of anilines is 1. The maximum Gasteiger partial charge on any atom is 0.336 e. The Kier molecular flexibility index (Phi) is 5.77. The van der Waals surface area contributed by atoms with Crippen LogP contribution in [-0.2, 0) is 17.8 Å². The highest BCUT2D eigenvalue weighted by Gasteiger charge is 2.17. The molecule has 0 atom stereocenters. The van der Waals surface area contributed by atoms with Gasteiger partial charge in [-0.3, -0.25) is 14.2 Å². The second-order valence-corrected chi connectivity index (χ2v) is 7.93. The summed E-state index contributed by atoms with van der Waals surface area (Å²) in [4.78, 5) is 39.6. The molecule has 32 heavy (non-hydrogen) atoms. The minimum atomic E-state index is -0.544. The number of nitrogens with one attached hydrogen (secondary N) is 1. The summed E-state index contributed by atoms with van der Waals surface area (Å²) in [7, 11) is 0. The molecule has 4 rings (SSSR count). The monoisotopic (exact) mass is 427 g/mol. The Labute approximate surface area is 185 Å². The van der Waals surface area contributed by atoms with Gasteiger partial charge in [0.05, 0.1) is 16.6 Å². The van der Waals surface area contributed by atoms with Crippen LogP contribution in [0, 0.1) is 13.8 Å². The first-order valence-corrected chi connectivity index (χ1v) is 10.6. The molecule has 6 nitrogen and oxygen atoms in total. The first kappa shape index (κ1) is 21.3. The van der Waals surface area contributed by atoms with Gasteiger partial charge in [-0.05, 0) is 67.3 Å².